The fraction of sp³-hybridized carbons (Fsp3) is 0.615. The monoisotopic (exact) mass is 254 g/mol. The zero-order valence-corrected chi connectivity index (χ0v) is 10.8. The first kappa shape index (κ1) is 13.2. The third kappa shape index (κ3) is 3.65. The Kier molecular flexibility index (Phi) is 4.14. The van der Waals surface area contributed by atoms with E-state index in [0.717, 1.165) is 6.42 Å². The van der Waals surface area contributed by atoms with Gasteiger partial charge in [-0.25, -0.2) is 4.98 Å². The summed E-state index contributed by atoms with van der Waals surface area (Å²) in [7, 11) is 0. The second-order valence-electron chi connectivity index (χ2n) is 4.87. The normalized spacial score (nSPS) is 19.7. The first-order chi connectivity index (χ1) is 8.57. The van der Waals surface area contributed by atoms with Gasteiger partial charge in [-0.3, -0.25) is 0 Å². The van der Waals surface area contributed by atoms with Crippen LogP contribution in [0.25, 0.3) is 0 Å². The Morgan fingerprint density at radius 1 is 1.44 bits per heavy atom. The lowest BCUT2D eigenvalue weighted by molar-refractivity contribution is -0.153. The molecule has 0 amide bonds. The van der Waals surface area contributed by atoms with Crippen LogP contribution < -0.4 is 5.32 Å². The van der Waals surface area contributed by atoms with Crippen molar-refractivity contribution in [1.82, 2.24) is 4.98 Å². The van der Waals surface area contributed by atoms with Gasteiger partial charge in [-0.2, -0.15) is 4.39 Å². The van der Waals surface area contributed by atoms with Crippen LogP contribution in [0, 0.1) is 11.9 Å². The number of hydrogen-bond donors (Lipinski definition) is 1. The van der Waals surface area contributed by atoms with Gasteiger partial charge in [0.2, 0.25) is 5.95 Å². The van der Waals surface area contributed by atoms with Gasteiger partial charge in [-0.15, -0.1) is 0 Å². The topological polar surface area (TPSA) is 43.4 Å². The van der Waals surface area contributed by atoms with Crippen LogP contribution >= 0.6 is 0 Å². The highest BCUT2D eigenvalue weighted by atomic mass is 19.1. The number of rotatable bonds is 5. The molecule has 2 rings (SSSR count). The largest absolute Gasteiger partial charge is 0.370 e. The van der Waals surface area contributed by atoms with Gasteiger partial charge in [0.25, 0.3) is 0 Å². The molecule has 0 aromatic carbocycles. The SMILES string of the molecule is CC(CNc1cccc(F)n1)CC1(C)OCCO1. The van der Waals surface area contributed by atoms with Crippen LogP contribution in [-0.4, -0.2) is 30.5 Å². The summed E-state index contributed by atoms with van der Waals surface area (Å²) in [5, 5.41) is 3.11. The quantitative estimate of drug-likeness (QED) is 0.819. The zero-order valence-electron chi connectivity index (χ0n) is 10.8. The number of ether oxygens (including phenoxy) is 2. The van der Waals surface area contributed by atoms with Crippen molar-refractivity contribution in [2.24, 2.45) is 5.92 Å². The molecule has 0 spiro atoms. The maximum atomic E-state index is 12.9. The molecule has 1 aliphatic rings. The van der Waals surface area contributed by atoms with Gasteiger partial charge < -0.3 is 14.8 Å². The zero-order chi connectivity index (χ0) is 13.0. The summed E-state index contributed by atoms with van der Waals surface area (Å²) < 4.78 is 24.0. The number of nitrogens with one attached hydrogen (secondary N) is 1. The van der Waals surface area contributed by atoms with Crippen molar-refractivity contribution in [3.8, 4) is 0 Å². The van der Waals surface area contributed by atoms with Gasteiger partial charge in [-0.05, 0) is 25.0 Å². The Hall–Kier alpha value is -1.20. The van der Waals surface area contributed by atoms with E-state index in [-0.39, 0.29) is 0 Å². The first-order valence-electron chi connectivity index (χ1n) is 6.22. The van der Waals surface area contributed by atoms with E-state index in [0.29, 0.717) is 31.5 Å². The summed E-state index contributed by atoms with van der Waals surface area (Å²) in [5.41, 5.74) is 0. The lowest BCUT2D eigenvalue weighted by atomic mass is 10.0. The minimum absolute atomic E-state index is 0.346. The molecule has 0 radical (unpaired) electrons. The highest BCUT2D eigenvalue weighted by Gasteiger charge is 2.32. The van der Waals surface area contributed by atoms with Crippen molar-refractivity contribution in [2.45, 2.75) is 26.1 Å². The van der Waals surface area contributed by atoms with Crippen molar-refractivity contribution in [1.29, 1.82) is 0 Å². The number of aromatic nitrogens is 1. The van der Waals surface area contributed by atoms with E-state index >= 15 is 0 Å². The van der Waals surface area contributed by atoms with Crippen molar-refractivity contribution < 1.29 is 13.9 Å². The molecule has 100 valence electrons. The van der Waals surface area contributed by atoms with E-state index in [4.69, 9.17) is 9.47 Å². The molecule has 1 fully saturated rings. The van der Waals surface area contributed by atoms with Gasteiger partial charge >= 0.3 is 0 Å². The Morgan fingerprint density at radius 2 is 2.17 bits per heavy atom. The van der Waals surface area contributed by atoms with Crippen LogP contribution in [0.4, 0.5) is 10.2 Å². The first-order valence-corrected chi connectivity index (χ1v) is 6.22. The minimum atomic E-state index is -0.476. The van der Waals surface area contributed by atoms with E-state index in [1.54, 1.807) is 12.1 Å². The molecule has 0 aliphatic carbocycles. The molecule has 18 heavy (non-hydrogen) atoms. The summed E-state index contributed by atoms with van der Waals surface area (Å²) in [4.78, 5) is 3.75. The number of halogens is 1. The number of nitrogens with zero attached hydrogens (tertiary/aromatic N) is 1. The average Bonchev–Trinajstić information content (AvgIpc) is 2.73. The summed E-state index contributed by atoms with van der Waals surface area (Å²) in [6.07, 6.45) is 0.801. The van der Waals surface area contributed by atoms with Crippen LogP contribution in [0.2, 0.25) is 0 Å². The maximum absolute atomic E-state index is 12.9. The predicted octanol–water partition coefficient (Wildman–Crippen LogP) is 2.42. The van der Waals surface area contributed by atoms with Gasteiger partial charge in [0, 0.05) is 13.0 Å². The minimum Gasteiger partial charge on any atom is -0.370 e. The summed E-state index contributed by atoms with van der Waals surface area (Å²) in [5.74, 6) is -0.0447. The van der Waals surface area contributed by atoms with Gasteiger partial charge in [-0.1, -0.05) is 13.0 Å². The molecule has 0 bridgehead atoms. The summed E-state index contributed by atoms with van der Waals surface area (Å²) in [6.45, 7) is 6.07. The van der Waals surface area contributed by atoms with E-state index in [1.165, 1.54) is 6.07 Å². The molecule has 1 saturated heterocycles. The molecule has 1 aliphatic heterocycles. The van der Waals surface area contributed by atoms with Gasteiger partial charge in [0.05, 0.1) is 13.2 Å². The van der Waals surface area contributed by atoms with Crippen molar-refractivity contribution in [2.75, 3.05) is 25.1 Å². The fourth-order valence-corrected chi connectivity index (χ4v) is 2.17. The van der Waals surface area contributed by atoms with Gasteiger partial charge in [0.15, 0.2) is 5.79 Å². The van der Waals surface area contributed by atoms with Crippen LogP contribution in [-0.2, 0) is 9.47 Å². The van der Waals surface area contributed by atoms with Gasteiger partial charge in [0.1, 0.15) is 5.82 Å². The lowest BCUT2D eigenvalue weighted by Gasteiger charge is -2.26. The van der Waals surface area contributed by atoms with Crippen LogP contribution in [0.5, 0.6) is 0 Å². The Labute approximate surface area is 107 Å². The number of anilines is 1. The second kappa shape index (κ2) is 5.63. The molecule has 4 nitrogen and oxygen atoms in total. The van der Waals surface area contributed by atoms with E-state index in [2.05, 4.69) is 17.2 Å². The Bertz CT molecular complexity index is 394. The van der Waals surface area contributed by atoms with E-state index in [9.17, 15) is 4.39 Å². The molecule has 1 N–H and O–H groups in total. The maximum Gasteiger partial charge on any atom is 0.214 e. The second-order valence-corrected chi connectivity index (χ2v) is 4.87. The number of pyridine rings is 1. The third-order valence-corrected chi connectivity index (χ3v) is 2.96. The van der Waals surface area contributed by atoms with Crippen molar-refractivity contribution in [3.05, 3.63) is 24.1 Å². The molecular weight excluding hydrogens is 235 g/mol. The standard InChI is InChI=1S/C13H19FN2O2/c1-10(8-13(2)17-6-7-18-13)9-15-12-5-3-4-11(14)16-12/h3-5,10H,6-9H2,1-2H3,(H,15,16). The highest BCUT2D eigenvalue weighted by Crippen LogP contribution is 2.26. The molecule has 1 aromatic heterocycles. The molecule has 0 saturated carbocycles. The van der Waals surface area contributed by atoms with Crippen molar-refractivity contribution >= 4 is 5.82 Å². The van der Waals surface area contributed by atoms with E-state index < -0.39 is 11.7 Å². The molecule has 1 aromatic rings. The van der Waals surface area contributed by atoms with Crippen LogP contribution in [0.3, 0.4) is 0 Å². The molecule has 1 unspecified atom stereocenters. The molecular formula is C13H19FN2O2. The van der Waals surface area contributed by atoms with E-state index in [1.807, 2.05) is 6.92 Å². The van der Waals surface area contributed by atoms with Crippen LogP contribution in [0.1, 0.15) is 20.3 Å². The Morgan fingerprint density at radius 3 is 2.83 bits per heavy atom. The number of hydrogen-bond acceptors (Lipinski definition) is 4. The fourth-order valence-electron chi connectivity index (χ4n) is 2.17. The molecule has 2 heterocycles. The summed E-state index contributed by atoms with van der Waals surface area (Å²) >= 11 is 0. The molecule has 1 atom stereocenters. The third-order valence-electron chi connectivity index (χ3n) is 2.96. The highest BCUT2D eigenvalue weighted by molar-refractivity contribution is 5.33. The van der Waals surface area contributed by atoms with Crippen LogP contribution in [0.15, 0.2) is 18.2 Å². The molecule has 5 heteroatoms. The van der Waals surface area contributed by atoms with Crippen molar-refractivity contribution in [3.63, 3.8) is 0 Å². The Balaban J connectivity index is 1.79. The average molecular weight is 254 g/mol. The summed E-state index contributed by atoms with van der Waals surface area (Å²) in [6, 6.07) is 4.72. The smallest absolute Gasteiger partial charge is 0.214 e. The lowest BCUT2D eigenvalue weighted by Crippen LogP contribution is -2.30. The predicted molar refractivity (Wildman–Crippen MR) is 66.8 cm³/mol.